The number of nitrogens with one attached hydrogen (secondary N) is 1. The lowest BCUT2D eigenvalue weighted by molar-refractivity contribution is 0.0659. The quantitative estimate of drug-likeness (QED) is 0.755. The number of ether oxygens (including phenoxy) is 1. The molecule has 0 saturated carbocycles. The molecule has 3 nitrogen and oxygen atoms in total. The van der Waals surface area contributed by atoms with E-state index in [9.17, 15) is 0 Å². The number of likely N-dealkylation sites (N-methyl/N-ethyl adjacent to an activating group) is 1. The highest BCUT2D eigenvalue weighted by atomic mass is 16.5. The van der Waals surface area contributed by atoms with Gasteiger partial charge in [-0.05, 0) is 51.7 Å². The Bertz CT molecular complexity index is 180. The van der Waals surface area contributed by atoms with Crippen LogP contribution in [0.5, 0.6) is 0 Å². The fourth-order valence-electron chi connectivity index (χ4n) is 2.64. The zero-order valence-electron chi connectivity index (χ0n) is 9.87. The fraction of sp³-hybridized carbons (Fsp3) is 1.00. The second-order valence-electron chi connectivity index (χ2n) is 4.99. The second-order valence-corrected chi connectivity index (χ2v) is 4.99. The lowest BCUT2D eigenvalue weighted by atomic mass is 10.0. The van der Waals surface area contributed by atoms with Crippen molar-refractivity contribution in [1.82, 2.24) is 10.2 Å². The van der Waals surface area contributed by atoms with E-state index in [1.54, 1.807) is 0 Å². The first-order valence-electron chi connectivity index (χ1n) is 6.35. The molecule has 1 unspecified atom stereocenters. The molecular weight excluding hydrogens is 188 g/mol. The Labute approximate surface area is 93.2 Å². The maximum atomic E-state index is 5.36. The molecule has 0 spiro atoms. The lowest BCUT2D eigenvalue weighted by Gasteiger charge is -2.24. The molecule has 88 valence electrons. The lowest BCUT2D eigenvalue weighted by Crippen LogP contribution is -2.38. The second kappa shape index (κ2) is 5.83. The SMILES string of the molecule is CN1CCCC1CNCC1CCOCC1. The van der Waals surface area contributed by atoms with Crippen LogP contribution in [0.1, 0.15) is 25.7 Å². The Balaban J connectivity index is 1.57. The average molecular weight is 212 g/mol. The van der Waals surface area contributed by atoms with Crippen LogP contribution in [0.25, 0.3) is 0 Å². The summed E-state index contributed by atoms with van der Waals surface area (Å²) in [5, 5.41) is 3.63. The number of hydrogen-bond donors (Lipinski definition) is 1. The highest BCUT2D eigenvalue weighted by molar-refractivity contribution is 4.78. The third-order valence-corrected chi connectivity index (χ3v) is 3.83. The largest absolute Gasteiger partial charge is 0.381 e. The third kappa shape index (κ3) is 3.44. The van der Waals surface area contributed by atoms with Gasteiger partial charge < -0.3 is 15.0 Å². The van der Waals surface area contributed by atoms with Crippen molar-refractivity contribution in [2.45, 2.75) is 31.7 Å². The van der Waals surface area contributed by atoms with Crippen LogP contribution in [0.3, 0.4) is 0 Å². The topological polar surface area (TPSA) is 24.5 Å². The van der Waals surface area contributed by atoms with Crippen LogP contribution in [-0.2, 0) is 4.74 Å². The van der Waals surface area contributed by atoms with Gasteiger partial charge >= 0.3 is 0 Å². The Morgan fingerprint density at radius 1 is 1.20 bits per heavy atom. The summed E-state index contributed by atoms with van der Waals surface area (Å²) in [6.45, 7) is 5.58. The smallest absolute Gasteiger partial charge is 0.0469 e. The molecule has 0 bridgehead atoms. The van der Waals surface area contributed by atoms with Crippen LogP contribution in [0.4, 0.5) is 0 Å². The van der Waals surface area contributed by atoms with E-state index in [1.807, 2.05) is 0 Å². The molecular formula is C12H24N2O. The van der Waals surface area contributed by atoms with E-state index in [4.69, 9.17) is 4.74 Å². The zero-order valence-corrected chi connectivity index (χ0v) is 9.87. The molecule has 2 aliphatic heterocycles. The Morgan fingerprint density at radius 2 is 2.00 bits per heavy atom. The maximum absolute atomic E-state index is 5.36. The molecule has 0 aromatic heterocycles. The molecule has 0 amide bonds. The highest BCUT2D eigenvalue weighted by Crippen LogP contribution is 2.15. The molecule has 0 aliphatic carbocycles. The number of nitrogens with zero attached hydrogens (tertiary/aromatic N) is 1. The summed E-state index contributed by atoms with van der Waals surface area (Å²) in [7, 11) is 2.24. The molecule has 0 aromatic carbocycles. The zero-order chi connectivity index (χ0) is 10.5. The predicted molar refractivity (Wildman–Crippen MR) is 62.1 cm³/mol. The van der Waals surface area contributed by atoms with Gasteiger partial charge in [-0.2, -0.15) is 0 Å². The Morgan fingerprint density at radius 3 is 2.67 bits per heavy atom. The number of likely N-dealkylation sites (tertiary alicyclic amines) is 1. The average Bonchev–Trinajstić information content (AvgIpc) is 2.66. The predicted octanol–water partition coefficient (Wildman–Crippen LogP) is 1.10. The molecule has 2 heterocycles. The van der Waals surface area contributed by atoms with Gasteiger partial charge in [-0.25, -0.2) is 0 Å². The first-order valence-corrected chi connectivity index (χ1v) is 6.35. The van der Waals surface area contributed by atoms with Gasteiger partial charge in [-0.3, -0.25) is 0 Å². The Hall–Kier alpha value is -0.120. The van der Waals surface area contributed by atoms with Crippen LogP contribution in [0.2, 0.25) is 0 Å². The van der Waals surface area contributed by atoms with Crippen LogP contribution in [0.15, 0.2) is 0 Å². The summed E-state index contributed by atoms with van der Waals surface area (Å²) in [5.74, 6) is 0.852. The van der Waals surface area contributed by atoms with E-state index in [0.717, 1.165) is 25.2 Å². The van der Waals surface area contributed by atoms with Crippen molar-refractivity contribution >= 4 is 0 Å². The minimum absolute atomic E-state index is 0.782. The van der Waals surface area contributed by atoms with Gasteiger partial charge in [0, 0.05) is 25.8 Å². The summed E-state index contributed by atoms with van der Waals surface area (Å²) in [5.41, 5.74) is 0. The van der Waals surface area contributed by atoms with Gasteiger partial charge in [-0.15, -0.1) is 0 Å². The van der Waals surface area contributed by atoms with Crippen molar-refractivity contribution < 1.29 is 4.74 Å². The molecule has 3 heteroatoms. The molecule has 0 aromatic rings. The molecule has 2 fully saturated rings. The molecule has 2 saturated heterocycles. The van der Waals surface area contributed by atoms with E-state index in [1.165, 1.54) is 45.3 Å². The van der Waals surface area contributed by atoms with Crippen molar-refractivity contribution in [3.8, 4) is 0 Å². The van der Waals surface area contributed by atoms with Gasteiger partial charge in [0.2, 0.25) is 0 Å². The van der Waals surface area contributed by atoms with Crippen LogP contribution < -0.4 is 5.32 Å². The van der Waals surface area contributed by atoms with Gasteiger partial charge in [0.15, 0.2) is 0 Å². The molecule has 1 atom stereocenters. The van der Waals surface area contributed by atoms with Crippen molar-refractivity contribution in [1.29, 1.82) is 0 Å². The first-order chi connectivity index (χ1) is 7.36. The maximum Gasteiger partial charge on any atom is 0.0469 e. The Kier molecular flexibility index (Phi) is 4.42. The summed E-state index contributed by atoms with van der Waals surface area (Å²) in [6.07, 6.45) is 5.23. The normalized spacial score (nSPS) is 29.8. The molecule has 1 N–H and O–H groups in total. The molecule has 2 rings (SSSR count). The first kappa shape index (κ1) is 11.4. The third-order valence-electron chi connectivity index (χ3n) is 3.83. The highest BCUT2D eigenvalue weighted by Gasteiger charge is 2.20. The van der Waals surface area contributed by atoms with Crippen molar-refractivity contribution in [3.05, 3.63) is 0 Å². The van der Waals surface area contributed by atoms with Crippen LogP contribution >= 0.6 is 0 Å². The monoisotopic (exact) mass is 212 g/mol. The minimum Gasteiger partial charge on any atom is -0.381 e. The molecule has 2 aliphatic rings. The van der Waals surface area contributed by atoms with E-state index in [-0.39, 0.29) is 0 Å². The molecule has 15 heavy (non-hydrogen) atoms. The summed E-state index contributed by atoms with van der Waals surface area (Å²) in [6, 6.07) is 0.782. The fourth-order valence-corrected chi connectivity index (χ4v) is 2.64. The van der Waals surface area contributed by atoms with Crippen LogP contribution in [0, 0.1) is 5.92 Å². The number of rotatable bonds is 4. The van der Waals surface area contributed by atoms with Gasteiger partial charge in [-0.1, -0.05) is 0 Å². The van der Waals surface area contributed by atoms with Crippen molar-refractivity contribution in [2.24, 2.45) is 5.92 Å². The summed E-state index contributed by atoms with van der Waals surface area (Å²) < 4.78 is 5.36. The van der Waals surface area contributed by atoms with E-state index in [0.29, 0.717) is 0 Å². The van der Waals surface area contributed by atoms with E-state index < -0.39 is 0 Å². The summed E-state index contributed by atoms with van der Waals surface area (Å²) in [4.78, 5) is 2.48. The van der Waals surface area contributed by atoms with Crippen molar-refractivity contribution in [3.63, 3.8) is 0 Å². The van der Waals surface area contributed by atoms with Crippen LogP contribution in [-0.4, -0.2) is 50.8 Å². The standard InChI is InChI=1S/C12H24N2O/c1-14-6-2-3-12(14)10-13-9-11-4-7-15-8-5-11/h11-13H,2-10H2,1H3. The van der Waals surface area contributed by atoms with E-state index >= 15 is 0 Å². The van der Waals surface area contributed by atoms with Gasteiger partial charge in [0.05, 0.1) is 0 Å². The van der Waals surface area contributed by atoms with Gasteiger partial charge in [0.1, 0.15) is 0 Å². The van der Waals surface area contributed by atoms with E-state index in [2.05, 4.69) is 17.3 Å². The van der Waals surface area contributed by atoms with Crippen molar-refractivity contribution in [2.75, 3.05) is 39.9 Å². The molecule has 0 radical (unpaired) electrons. The minimum atomic E-state index is 0.782. The summed E-state index contributed by atoms with van der Waals surface area (Å²) >= 11 is 0. The number of hydrogen-bond acceptors (Lipinski definition) is 3. The van der Waals surface area contributed by atoms with Gasteiger partial charge in [0.25, 0.3) is 0 Å².